The zero-order chi connectivity index (χ0) is 11.3. The maximum atomic E-state index is 11.3. The Hall–Kier alpha value is -1.29. The van der Waals surface area contributed by atoms with Crippen molar-refractivity contribution in [2.45, 2.75) is 26.8 Å². The van der Waals surface area contributed by atoms with Gasteiger partial charge in [-0.1, -0.05) is 0 Å². The van der Waals surface area contributed by atoms with Crippen molar-refractivity contribution in [1.82, 2.24) is 5.32 Å². The summed E-state index contributed by atoms with van der Waals surface area (Å²) in [7, 11) is 0. The third-order valence-corrected chi connectivity index (χ3v) is 2.00. The molecule has 84 valence electrons. The molecule has 0 spiro atoms. The molecule has 1 aromatic heterocycles. The number of ether oxygens (including phenoxy) is 1. The van der Waals surface area contributed by atoms with E-state index >= 15 is 0 Å². The number of aryl methyl sites for hydroxylation is 1. The molecule has 0 aliphatic heterocycles. The molecule has 0 radical (unpaired) electrons. The predicted octanol–water partition coefficient (Wildman–Crippen LogP) is 1.80. The SMILES string of the molecule is CCOCC(=O)NC(C)c1ccc(C)o1. The van der Waals surface area contributed by atoms with Crippen LogP contribution in [0.1, 0.15) is 31.4 Å². The number of furan rings is 1. The van der Waals surface area contributed by atoms with E-state index in [0.717, 1.165) is 11.5 Å². The standard InChI is InChI=1S/C11H17NO3/c1-4-14-7-11(13)12-9(3)10-6-5-8(2)15-10/h5-6,9H,4,7H2,1-3H3,(H,12,13). The van der Waals surface area contributed by atoms with E-state index in [4.69, 9.17) is 9.15 Å². The first-order valence-corrected chi connectivity index (χ1v) is 5.07. The molecule has 1 unspecified atom stereocenters. The van der Waals surface area contributed by atoms with Gasteiger partial charge in [0.05, 0.1) is 6.04 Å². The molecule has 0 bridgehead atoms. The first-order chi connectivity index (χ1) is 7.13. The van der Waals surface area contributed by atoms with Crippen molar-refractivity contribution in [2.24, 2.45) is 0 Å². The molecule has 1 amide bonds. The van der Waals surface area contributed by atoms with Gasteiger partial charge in [-0.3, -0.25) is 4.79 Å². The second-order valence-electron chi connectivity index (χ2n) is 3.37. The van der Waals surface area contributed by atoms with E-state index in [1.165, 1.54) is 0 Å². The lowest BCUT2D eigenvalue weighted by Gasteiger charge is -2.11. The zero-order valence-electron chi connectivity index (χ0n) is 9.37. The molecular weight excluding hydrogens is 194 g/mol. The van der Waals surface area contributed by atoms with Crippen LogP contribution in [0, 0.1) is 6.92 Å². The average molecular weight is 211 g/mol. The normalized spacial score (nSPS) is 12.5. The fraction of sp³-hybridized carbons (Fsp3) is 0.545. The highest BCUT2D eigenvalue weighted by atomic mass is 16.5. The molecule has 15 heavy (non-hydrogen) atoms. The van der Waals surface area contributed by atoms with E-state index in [-0.39, 0.29) is 18.6 Å². The second-order valence-corrected chi connectivity index (χ2v) is 3.37. The zero-order valence-corrected chi connectivity index (χ0v) is 9.37. The van der Waals surface area contributed by atoms with E-state index in [9.17, 15) is 4.79 Å². The number of hydrogen-bond donors (Lipinski definition) is 1. The van der Waals surface area contributed by atoms with Crippen molar-refractivity contribution < 1.29 is 13.9 Å². The van der Waals surface area contributed by atoms with Crippen LogP contribution in [0.5, 0.6) is 0 Å². The summed E-state index contributed by atoms with van der Waals surface area (Å²) in [5, 5.41) is 2.79. The number of carbonyl (C=O) groups excluding carboxylic acids is 1. The van der Waals surface area contributed by atoms with Crippen LogP contribution in [0.3, 0.4) is 0 Å². The summed E-state index contributed by atoms with van der Waals surface area (Å²) in [6, 6.07) is 3.62. The summed E-state index contributed by atoms with van der Waals surface area (Å²) < 4.78 is 10.4. The number of amides is 1. The monoisotopic (exact) mass is 211 g/mol. The van der Waals surface area contributed by atoms with Crippen LogP contribution in [-0.4, -0.2) is 19.1 Å². The number of hydrogen-bond acceptors (Lipinski definition) is 3. The molecule has 0 aliphatic rings. The van der Waals surface area contributed by atoms with E-state index < -0.39 is 0 Å². The molecule has 1 aromatic rings. The summed E-state index contributed by atoms with van der Waals surface area (Å²) in [5.74, 6) is 1.48. The lowest BCUT2D eigenvalue weighted by molar-refractivity contribution is -0.126. The van der Waals surface area contributed by atoms with Crippen molar-refractivity contribution in [2.75, 3.05) is 13.2 Å². The molecule has 4 nitrogen and oxygen atoms in total. The quantitative estimate of drug-likeness (QED) is 0.808. The van der Waals surface area contributed by atoms with Crippen LogP contribution >= 0.6 is 0 Å². The lowest BCUT2D eigenvalue weighted by atomic mass is 10.2. The van der Waals surface area contributed by atoms with E-state index in [0.29, 0.717) is 6.61 Å². The molecule has 0 aromatic carbocycles. The Morgan fingerprint density at radius 1 is 1.60 bits per heavy atom. The van der Waals surface area contributed by atoms with Gasteiger partial charge in [0.1, 0.15) is 18.1 Å². The highest BCUT2D eigenvalue weighted by molar-refractivity contribution is 5.77. The van der Waals surface area contributed by atoms with Crippen molar-refractivity contribution in [1.29, 1.82) is 0 Å². The summed E-state index contributed by atoms with van der Waals surface area (Å²) in [6.45, 7) is 6.25. The van der Waals surface area contributed by atoms with Gasteiger partial charge in [0.15, 0.2) is 0 Å². The smallest absolute Gasteiger partial charge is 0.246 e. The molecule has 1 N–H and O–H groups in total. The molecule has 4 heteroatoms. The molecular formula is C11H17NO3. The topological polar surface area (TPSA) is 51.5 Å². The fourth-order valence-electron chi connectivity index (χ4n) is 1.24. The molecule has 0 aliphatic carbocycles. The number of rotatable bonds is 5. The third kappa shape index (κ3) is 3.75. The number of nitrogens with one attached hydrogen (secondary N) is 1. The molecule has 0 fully saturated rings. The van der Waals surface area contributed by atoms with Gasteiger partial charge in [0, 0.05) is 6.61 Å². The van der Waals surface area contributed by atoms with Gasteiger partial charge in [0.2, 0.25) is 5.91 Å². The van der Waals surface area contributed by atoms with Crippen LogP contribution < -0.4 is 5.32 Å². The van der Waals surface area contributed by atoms with Crippen LogP contribution in [-0.2, 0) is 9.53 Å². The fourth-order valence-corrected chi connectivity index (χ4v) is 1.24. The van der Waals surface area contributed by atoms with Crippen LogP contribution in [0.15, 0.2) is 16.5 Å². The van der Waals surface area contributed by atoms with E-state index in [2.05, 4.69) is 5.32 Å². The van der Waals surface area contributed by atoms with Crippen molar-refractivity contribution in [3.05, 3.63) is 23.7 Å². The first-order valence-electron chi connectivity index (χ1n) is 5.07. The van der Waals surface area contributed by atoms with Crippen molar-refractivity contribution in [3.8, 4) is 0 Å². The van der Waals surface area contributed by atoms with Gasteiger partial charge in [-0.05, 0) is 32.9 Å². The predicted molar refractivity (Wildman–Crippen MR) is 56.5 cm³/mol. The van der Waals surface area contributed by atoms with Gasteiger partial charge < -0.3 is 14.5 Å². The Balaban J connectivity index is 2.41. The Bertz CT molecular complexity index is 319. The molecule has 1 atom stereocenters. The van der Waals surface area contributed by atoms with Gasteiger partial charge in [-0.2, -0.15) is 0 Å². The Morgan fingerprint density at radius 2 is 2.33 bits per heavy atom. The minimum Gasteiger partial charge on any atom is -0.464 e. The minimum absolute atomic E-state index is 0.0977. The van der Waals surface area contributed by atoms with Crippen LogP contribution in [0.2, 0.25) is 0 Å². The number of carbonyl (C=O) groups is 1. The lowest BCUT2D eigenvalue weighted by Crippen LogP contribution is -2.29. The maximum absolute atomic E-state index is 11.3. The van der Waals surface area contributed by atoms with E-state index in [1.807, 2.05) is 32.9 Å². The highest BCUT2D eigenvalue weighted by Gasteiger charge is 2.12. The third-order valence-electron chi connectivity index (χ3n) is 2.00. The summed E-state index contributed by atoms with van der Waals surface area (Å²) in [6.07, 6.45) is 0. The van der Waals surface area contributed by atoms with Gasteiger partial charge in [-0.15, -0.1) is 0 Å². The maximum Gasteiger partial charge on any atom is 0.246 e. The Kier molecular flexibility index (Phi) is 4.37. The Morgan fingerprint density at radius 3 is 2.87 bits per heavy atom. The van der Waals surface area contributed by atoms with Crippen molar-refractivity contribution in [3.63, 3.8) is 0 Å². The molecule has 0 saturated carbocycles. The van der Waals surface area contributed by atoms with Crippen LogP contribution in [0.4, 0.5) is 0 Å². The summed E-state index contributed by atoms with van der Waals surface area (Å²) in [4.78, 5) is 11.3. The first kappa shape index (κ1) is 11.8. The minimum atomic E-state index is -0.126. The van der Waals surface area contributed by atoms with Gasteiger partial charge >= 0.3 is 0 Å². The summed E-state index contributed by atoms with van der Waals surface area (Å²) in [5.41, 5.74) is 0. The average Bonchev–Trinajstić information content (AvgIpc) is 2.61. The largest absolute Gasteiger partial charge is 0.464 e. The van der Waals surface area contributed by atoms with Crippen molar-refractivity contribution >= 4 is 5.91 Å². The Labute approximate surface area is 89.6 Å². The molecule has 0 saturated heterocycles. The molecule has 1 heterocycles. The second kappa shape index (κ2) is 5.56. The van der Waals surface area contributed by atoms with Gasteiger partial charge in [0.25, 0.3) is 0 Å². The van der Waals surface area contributed by atoms with Gasteiger partial charge in [-0.25, -0.2) is 0 Å². The van der Waals surface area contributed by atoms with E-state index in [1.54, 1.807) is 0 Å². The molecule has 1 rings (SSSR count). The van der Waals surface area contributed by atoms with Crippen LogP contribution in [0.25, 0.3) is 0 Å². The summed E-state index contributed by atoms with van der Waals surface area (Å²) >= 11 is 0. The highest BCUT2D eigenvalue weighted by Crippen LogP contribution is 2.15.